The Morgan fingerprint density at radius 2 is 1.60 bits per heavy atom. The van der Waals surface area contributed by atoms with Gasteiger partial charge in [-0.15, -0.1) is 0 Å². The lowest BCUT2D eigenvalue weighted by atomic mass is 9.97. The predicted octanol–water partition coefficient (Wildman–Crippen LogP) is 5.55. The van der Waals surface area contributed by atoms with Gasteiger partial charge in [0.2, 0.25) is 0 Å². The van der Waals surface area contributed by atoms with Crippen LogP contribution in [0, 0.1) is 0 Å². The Kier molecular flexibility index (Phi) is 7.91. The van der Waals surface area contributed by atoms with Crippen LogP contribution in [-0.4, -0.2) is 61.1 Å². The number of nitrogens with zero attached hydrogens (tertiary/aromatic N) is 5. The van der Waals surface area contributed by atoms with Gasteiger partial charge in [0.05, 0.1) is 11.9 Å². The zero-order chi connectivity index (χ0) is 36.2. The van der Waals surface area contributed by atoms with Crippen LogP contribution in [0.1, 0.15) is 41.6 Å². The average molecular weight is 710 g/mol. The lowest BCUT2D eigenvalue weighted by Gasteiger charge is -2.28. The molecule has 53 heavy (non-hydrogen) atoms. The second kappa shape index (κ2) is 12.8. The number of rotatable bonds is 8. The molecule has 1 amide bonds. The van der Waals surface area contributed by atoms with Gasteiger partial charge < -0.3 is 34.7 Å². The number of hydrogen-bond acceptors (Lipinski definition) is 11. The van der Waals surface area contributed by atoms with Crippen LogP contribution in [0.15, 0.2) is 122 Å². The lowest BCUT2D eigenvalue weighted by Crippen LogP contribution is -2.37. The molecular formula is C40H35N7O6. The third-order valence-corrected chi connectivity index (χ3v) is 9.55. The normalized spacial score (nSPS) is 22.3. The molecule has 2 saturated heterocycles. The number of fused-ring (bicyclic) bond motifs is 3. The van der Waals surface area contributed by atoms with Crippen molar-refractivity contribution in [1.82, 2.24) is 29.8 Å². The van der Waals surface area contributed by atoms with E-state index >= 15 is 0 Å². The molecule has 0 radical (unpaired) electrons. The van der Waals surface area contributed by atoms with E-state index in [0.717, 1.165) is 22.3 Å². The lowest BCUT2D eigenvalue weighted by molar-refractivity contribution is -0.191. The molecular weight excluding hydrogens is 674 g/mol. The van der Waals surface area contributed by atoms with Crippen LogP contribution >= 0.6 is 0 Å². The maximum absolute atomic E-state index is 14.1. The molecule has 0 aliphatic carbocycles. The van der Waals surface area contributed by atoms with E-state index < -0.39 is 36.1 Å². The minimum Gasteiger partial charge on any atom is -0.440 e. The van der Waals surface area contributed by atoms with Crippen molar-refractivity contribution in [2.75, 3.05) is 12.3 Å². The largest absolute Gasteiger partial charge is 0.440 e. The quantitative estimate of drug-likeness (QED) is 0.191. The van der Waals surface area contributed by atoms with E-state index in [1.54, 1.807) is 23.3 Å². The third-order valence-electron chi connectivity index (χ3n) is 9.55. The van der Waals surface area contributed by atoms with Crippen LogP contribution in [0.5, 0.6) is 11.5 Å². The van der Waals surface area contributed by atoms with Gasteiger partial charge in [-0.25, -0.2) is 15.0 Å². The number of imidazole rings is 1. The number of aromatic nitrogens is 5. The number of ether oxygens (including phenoxy) is 5. The number of anilines is 1. The van der Waals surface area contributed by atoms with Gasteiger partial charge in [0, 0.05) is 30.1 Å². The standard InChI is InChI=1S/C40H35N7O6/c1-39(2)51-33-29(49-38(34(33)52-39)47-23-46-31-35(41)44-22-45-36(31)47)14-9-17-43-37(48)28-20-25(24-15-18-42-19-16-24)21-30-32(28)53-40(50-30,26-10-5-3-6-11-26)27-12-7-4-8-13-27/h3-16,18-23,29,33-34,38H,17H2,1-2H3,(H,43,48)(H2,41,44,45)/t29-,33?,34+,38-/m1/s1. The molecule has 3 aromatic carbocycles. The Hall–Kier alpha value is -6.15. The Labute approximate surface area is 304 Å². The number of carbonyl (C=O) groups excluding carboxylic acids is 1. The fourth-order valence-corrected chi connectivity index (χ4v) is 7.19. The fourth-order valence-electron chi connectivity index (χ4n) is 7.19. The number of nitrogens with one attached hydrogen (secondary N) is 1. The number of benzene rings is 3. The molecule has 3 aliphatic rings. The number of amides is 1. The molecule has 3 aliphatic heterocycles. The highest BCUT2D eigenvalue weighted by Crippen LogP contribution is 2.51. The molecule has 6 aromatic rings. The van der Waals surface area contributed by atoms with Crippen molar-refractivity contribution in [2.24, 2.45) is 0 Å². The summed E-state index contributed by atoms with van der Waals surface area (Å²) in [5.74, 6) is -1.41. The smallest absolute Gasteiger partial charge is 0.305 e. The van der Waals surface area contributed by atoms with Gasteiger partial charge in [0.25, 0.3) is 5.91 Å². The molecule has 0 saturated carbocycles. The number of carbonyl (C=O) groups is 1. The van der Waals surface area contributed by atoms with E-state index in [9.17, 15) is 4.79 Å². The Balaban J connectivity index is 0.994. The summed E-state index contributed by atoms with van der Waals surface area (Å²) in [6.45, 7) is 3.93. The molecule has 0 spiro atoms. The Bertz CT molecular complexity index is 2300. The van der Waals surface area contributed by atoms with Gasteiger partial charge in [-0.2, -0.15) is 0 Å². The van der Waals surface area contributed by atoms with Crippen LogP contribution in [0.25, 0.3) is 22.3 Å². The minimum absolute atomic E-state index is 0.195. The summed E-state index contributed by atoms with van der Waals surface area (Å²) in [7, 11) is 0. The molecule has 13 nitrogen and oxygen atoms in total. The maximum Gasteiger partial charge on any atom is 0.305 e. The molecule has 2 fully saturated rings. The first kappa shape index (κ1) is 32.7. The maximum atomic E-state index is 14.1. The zero-order valence-electron chi connectivity index (χ0n) is 28.8. The number of nitrogen functional groups attached to an aromatic ring is 1. The monoisotopic (exact) mass is 709 g/mol. The zero-order valence-corrected chi connectivity index (χ0v) is 28.8. The molecule has 13 heteroatoms. The van der Waals surface area contributed by atoms with Gasteiger partial charge >= 0.3 is 5.79 Å². The summed E-state index contributed by atoms with van der Waals surface area (Å²) < 4.78 is 34.3. The number of hydrogen-bond donors (Lipinski definition) is 2. The summed E-state index contributed by atoms with van der Waals surface area (Å²) in [5, 5.41) is 3.04. The van der Waals surface area contributed by atoms with Crippen LogP contribution in [-0.2, 0) is 20.0 Å². The molecule has 266 valence electrons. The van der Waals surface area contributed by atoms with Crippen LogP contribution < -0.4 is 20.5 Å². The SMILES string of the molecule is CC1(C)OC2[C@@H](C=CCNC(=O)c3cc(-c4ccncc4)cc4c3OC(c3ccccc3)(c3ccccc3)O4)O[C@@H](n3cnc4c(N)ncnc43)[C@H]2O1. The topological polar surface area (TPSA) is 158 Å². The molecule has 4 atom stereocenters. The van der Waals surface area contributed by atoms with E-state index in [2.05, 4.69) is 25.3 Å². The van der Waals surface area contributed by atoms with Gasteiger partial charge in [0.1, 0.15) is 30.2 Å². The predicted molar refractivity (Wildman–Crippen MR) is 194 cm³/mol. The van der Waals surface area contributed by atoms with Crippen molar-refractivity contribution < 1.29 is 28.5 Å². The van der Waals surface area contributed by atoms with Crippen molar-refractivity contribution in [3.8, 4) is 22.6 Å². The van der Waals surface area contributed by atoms with Gasteiger partial charge in [-0.1, -0.05) is 72.8 Å². The van der Waals surface area contributed by atoms with Crippen LogP contribution in [0.2, 0.25) is 0 Å². The first-order valence-electron chi connectivity index (χ1n) is 17.3. The van der Waals surface area contributed by atoms with Crippen molar-refractivity contribution in [3.05, 3.63) is 139 Å². The van der Waals surface area contributed by atoms with E-state index in [4.69, 9.17) is 29.4 Å². The highest BCUT2D eigenvalue weighted by molar-refractivity contribution is 5.99. The summed E-state index contributed by atoms with van der Waals surface area (Å²) in [6.07, 6.45) is 8.19. The van der Waals surface area contributed by atoms with E-state index in [1.165, 1.54) is 6.33 Å². The van der Waals surface area contributed by atoms with Crippen LogP contribution in [0.4, 0.5) is 5.82 Å². The molecule has 0 bridgehead atoms. The Morgan fingerprint density at radius 1 is 0.887 bits per heavy atom. The van der Waals surface area contributed by atoms with Crippen LogP contribution in [0.3, 0.4) is 0 Å². The summed E-state index contributed by atoms with van der Waals surface area (Å²) in [5.41, 5.74) is 10.6. The van der Waals surface area contributed by atoms with Gasteiger partial charge in [-0.05, 0) is 49.2 Å². The molecule has 3 N–H and O–H groups in total. The summed E-state index contributed by atoms with van der Waals surface area (Å²) >= 11 is 0. The average Bonchev–Trinajstić information content (AvgIpc) is 3.95. The third kappa shape index (κ3) is 5.75. The van der Waals surface area contributed by atoms with E-state index in [1.807, 2.05) is 111 Å². The van der Waals surface area contributed by atoms with E-state index in [-0.39, 0.29) is 18.3 Å². The molecule has 3 aromatic heterocycles. The minimum atomic E-state index is -1.31. The van der Waals surface area contributed by atoms with Crippen molar-refractivity contribution in [1.29, 1.82) is 0 Å². The molecule has 9 rings (SSSR count). The molecule has 1 unspecified atom stereocenters. The van der Waals surface area contributed by atoms with Crippen molar-refractivity contribution in [3.63, 3.8) is 0 Å². The van der Waals surface area contributed by atoms with Crippen molar-refractivity contribution in [2.45, 2.75) is 50.0 Å². The fraction of sp³-hybridized carbons (Fsp3) is 0.225. The van der Waals surface area contributed by atoms with Gasteiger partial charge in [-0.3, -0.25) is 14.3 Å². The number of pyridine rings is 1. The highest BCUT2D eigenvalue weighted by atomic mass is 16.8. The summed E-state index contributed by atoms with van der Waals surface area (Å²) in [4.78, 5) is 31.1. The van der Waals surface area contributed by atoms with Gasteiger partial charge in [0.15, 0.2) is 35.0 Å². The second-order valence-corrected chi connectivity index (χ2v) is 13.4. The Morgan fingerprint density at radius 3 is 2.34 bits per heavy atom. The molecule has 6 heterocycles. The first-order chi connectivity index (χ1) is 25.8. The number of nitrogens with two attached hydrogens (primary N) is 1. The summed E-state index contributed by atoms with van der Waals surface area (Å²) in [6, 6.07) is 26.9. The van der Waals surface area contributed by atoms with Crippen molar-refractivity contribution >= 4 is 22.9 Å². The second-order valence-electron chi connectivity index (χ2n) is 13.4. The highest BCUT2D eigenvalue weighted by Gasteiger charge is 2.55. The first-order valence-corrected chi connectivity index (χ1v) is 17.3. The van der Waals surface area contributed by atoms with E-state index in [0.29, 0.717) is 28.2 Å².